The summed E-state index contributed by atoms with van der Waals surface area (Å²) in [5, 5.41) is 0. The Morgan fingerprint density at radius 2 is 0.727 bits per heavy atom. The molecule has 0 aliphatic rings. The van der Waals surface area contributed by atoms with Crippen LogP contribution in [-0.2, 0) is 28.6 Å². The number of hydrogen-bond acceptors (Lipinski definition) is 6. The molecule has 0 heterocycles. The van der Waals surface area contributed by atoms with E-state index < -0.39 is 34.7 Å². The molecule has 1 rings (SSSR count). The van der Waals surface area contributed by atoms with Gasteiger partial charge in [-0.2, -0.15) is 0 Å². The van der Waals surface area contributed by atoms with E-state index in [0.717, 1.165) is 0 Å². The van der Waals surface area contributed by atoms with Crippen molar-refractivity contribution >= 4 is 36.1 Å². The zero-order valence-corrected chi connectivity index (χ0v) is 21.1. The fourth-order valence-electron chi connectivity index (χ4n) is 2.49. The van der Waals surface area contributed by atoms with Crippen molar-refractivity contribution in [3.8, 4) is 0 Å². The minimum absolute atomic E-state index is 0.469. The highest BCUT2D eigenvalue weighted by atomic mass is 16.6. The van der Waals surface area contributed by atoms with E-state index in [-0.39, 0.29) is 0 Å². The third-order valence-electron chi connectivity index (χ3n) is 3.46. The molecule has 1 aromatic rings. The molecule has 0 fully saturated rings. The molecule has 33 heavy (non-hydrogen) atoms. The van der Waals surface area contributed by atoms with E-state index >= 15 is 0 Å². The minimum atomic E-state index is -0.596. The average molecular weight is 457 g/mol. The first-order valence-corrected chi connectivity index (χ1v) is 10.8. The van der Waals surface area contributed by atoms with Crippen LogP contribution in [0.2, 0.25) is 0 Å². The second-order valence-electron chi connectivity index (χ2n) is 10.5. The van der Waals surface area contributed by atoms with Gasteiger partial charge in [0.2, 0.25) is 0 Å². The van der Waals surface area contributed by atoms with Gasteiger partial charge < -0.3 is 14.2 Å². The standard InChI is InChI=1S/C27H36O6/c1-25(2,3)31-22(28)13-10-19-16-20(11-14-23(29)32-26(4,5)6)18-21(17-19)12-15-24(30)33-27(7,8)9/h10-18H,1-9H3/b13-10-,14-11-,15-12?. The molecule has 6 nitrogen and oxygen atoms in total. The fourth-order valence-corrected chi connectivity index (χ4v) is 2.49. The lowest BCUT2D eigenvalue weighted by Gasteiger charge is -2.18. The van der Waals surface area contributed by atoms with Crippen LogP contribution in [0.4, 0.5) is 0 Å². The Morgan fingerprint density at radius 3 is 0.909 bits per heavy atom. The lowest BCUT2D eigenvalue weighted by Crippen LogP contribution is -2.22. The summed E-state index contributed by atoms with van der Waals surface area (Å²) in [4.78, 5) is 36.1. The normalized spacial score (nSPS) is 13.0. The van der Waals surface area contributed by atoms with Crippen LogP contribution in [0.1, 0.15) is 79.0 Å². The SMILES string of the molecule is CC(C)(C)OC(=O)C=Cc1cc(/C=C\C(=O)OC(C)(C)C)cc(/C=C\C(=O)OC(C)(C)C)c1. The van der Waals surface area contributed by atoms with E-state index in [4.69, 9.17) is 14.2 Å². The van der Waals surface area contributed by atoms with Crippen molar-refractivity contribution in [2.75, 3.05) is 0 Å². The summed E-state index contributed by atoms with van der Waals surface area (Å²) < 4.78 is 15.9. The van der Waals surface area contributed by atoms with Gasteiger partial charge in [-0.3, -0.25) is 0 Å². The van der Waals surface area contributed by atoms with Crippen molar-refractivity contribution in [1.29, 1.82) is 0 Å². The van der Waals surface area contributed by atoms with Gasteiger partial charge in [-0.15, -0.1) is 0 Å². The number of hydrogen-bond donors (Lipinski definition) is 0. The Kier molecular flexibility index (Phi) is 9.40. The van der Waals surface area contributed by atoms with Crippen LogP contribution in [0, 0.1) is 0 Å². The predicted octanol–water partition coefficient (Wildman–Crippen LogP) is 5.75. The van der Waals surface area contributed by atoms with Crippen molar-refractivity contribution in [2.24, 2.45) is 0 Å². The minimum Gasteiger partial charge on any atom is -0.457 e. The van der Waals surface area contributed by atoms with Crippen LogP contribution >= 0.6 is 0 Å². The third-order valence-corrected chi connectivity index (χ3v) is 3.46. The monoisotopic (exact) mass is 456 g/mol. The number of carbonyl (C=O) groups is 3. The van der Waals surface area contributed by atoms with E-state index in [2.05, 4.69) is 0 Å². The Balaban J connectivity index is 3.20. The molecule has 180 valence electrons. The average Bonchev–Trinajstić information content (AvgIpc) is 2.59. The van der Waals surface area contributed by atoms with Crippen molar-refractivity contribution in [3.05, 3.63) is 53.1 Å². The molecule has 0 amide bonds. The number of esters is 3. The number of carbonyl (C=O) groups excluding carboxylic acids is 3. The van der Waals surface area contributed by atoms with Crippen molar-refractivity contribution in [2.45, 2.75) is 79.1 Å². The van der Waals surface area contributed by atoms with Crippen LogP contribution in [0.5, 0.6) is 0 Å². The zero-order chi connectivity index (χ0) is 25.4. The van der Waals surface area contributed by atoms with Gasteiger partial charge in [-0.25, -0.2) is 14.4 Å². The molecular formula is C27H36O6. The lowest BCUT2D eigenvalue weighted by molar-refractivity contribution is -0.149. The van der Waals surface area contributed by atoms with Crippen LogP contribution in [0.3, 0.4) is 0 Å². The summed E-state index contributed by atoms with van der Waals surface area (Å²) in [6, 6.07) is 5.39. The Labute approximate surface area is 197 Å². The van der Waals surface area contributed by atoms with Gasteiger partial charge in [0.1, 0.15) is 16.8 Å². The van der Waals surface area contributed by atoms with E-state index in [1.54, 1.807) is 98.7 Å². The Morgan fingerprint density at radius 1 is 0.515 bits per heavy atom. The molecule has 0 spiro atoms. The molecule has 0 radical (unpaired) electrons. The van der Waals surface area contributed by atoms with Gasteiger partial charge >= 0.3 is 17.9 Å². The summed E-state index contributed by atoms with van der Waals surface area (Å²) in [5.74, 6) is -1.41. The van der Waals surface area contributed by atoms with E-state index in [1.165, 1.54) is 18.2 Å². The molecule has 1 aromatic carbocycles. The predicted molar refractivity (Wildman–Crippen MR) is 131 cm³/mol. The van der Waals surface area contributed by atoms with Crippen LogP contribution in [0.25, 0.3) is 18.2 Å². The topological polar surface area (TPSA) is 78.9 Å². The van der Waals surface area contributed by atoms with Crippen molar-refractivity contribution in [3.63, 3.8) is 0 Å². The number of benzene rings is 1. The summed E-state index contributed by atoms with van der Waals surface area (Å²) >= 11 is 0. The first-order valence-electron chi connectivity index (χ1n) is 10.8. The molecule has 0 saturated heterocycles. The highest BCUT2D eigenvalue weighted by Crippen LogP contribution is 2.17. The van der Waals surface area contributed by atoms with Crippen LogP contribution < -0.4 is 0 Å². The van der Waals surface area contributed by atoms with Gasteiger partial charge in [0.25, 0.3) is 0 Å². The summed E-state index contributed by atoms with van der Waals surface area (Å²) in [6.07, 6.45) is 8.85. The third kappa shape index (κ3) is 13.8. The van der Waals surface area contributed by atoms with Gasteiger partial charge in [-0.1, -0.05) is 0 Å². The molecule has 0 bridgehead atoms. The Bertz CT molecular complexity index is 808. The Hall–Kier alpha value is -3.15. The molecular weight excluding hydrogens is 420 g/mol. The zero-order valence-electron chi connectivity index (χ0n) is 21.1. The second-order valence-corrected chi connectivity index (χ2v) is 10.5. The van der Waals surface area contributed by atoms with Gasteiger partial charge in [0.05, 0.1) is 0 Å². The van der Waals surface area contributed by atoms with Gasteiger partial charge in [0, 0.05) is 18.2 Å². The van der Waals surface area contributed by atoms with E-state index in [0.29, 0.717) is 16.7 Å². The number of rotatable bonds is 6. The maximum absolute atomic E-state index is 12.0. The smallest absolute Gasteiger partial charge is 0.331 e. The maximum atomic E-state index is 12.0. The summed E-state index contributed by atoms with van der Waals surface area (Å²) in [5.41, 5.74) is 0.283. The van der Waals surface area contributed by atoms with Crippen LogP contribution in [-0.4, -0.2) is 34.7 Å². The largest absolute Gasteiger partial charge is 0.457 e. The lowest BCUT2D eigenvalue weighted by atomic mass is 10.0. The summed E-state index contributed by atoms with van der Waals surface area (Å²) in [7, 11) is 0. The molecule has 0 saturated carbocycles. The second kappa shape index (κ2) is 11.1. The first kappa shape index (κ1) is 27.9. The number of ether oxygens (including phenoxy) is 3. The van der Waals surface area contributed by atoms with Crippen molar-refractivity contribution in [1.82, 2.24) is 0 Å². The summed E-state index contributed by atoms with van der Waals surface area (Å²) in [6.45, 7) is 16.1. The van der Waals surface area contributed by atoms with Gasteiger partial charge in [0.15, 0.2) is 0 Å². The molecule has 0 aliphatic carbocycles. The molecule has 0 N–H and O–H groups in total. The first-order chi connectivity index (χ1) is 14.9. The van der Waals surface area contributed by atoms with Crippen molar-refractivity contribution < 1.29 is 28.6 Å². The molecule has 0 unspecified atom stereocenters. The van der Waals surface area contributed by atoms with Gasteiger partial charge in [-0.05, 0) is 115 Å². The molecule has 0 atom stereocenters. The van der Waals surface area contributed by atoms with Crippen LogP contribution in [0.15, 0.2) is 36.4 Å². The maximum Gasteiger partial charge on any atom is 0.331 e. The highest BCUT2D eigenvalue weighted by molar-refractivity contribution is 5.90. The highest BCUT2D eigenvalue weighted by Gasteiger charge is 2.15. The quantitative estimate of drug-likeness (QED) is 0.308. The molecule has 0 aliphatic heterocycles. The molecule has 6 heteroatoms. The van der Waals surface area contributed by atoms with E-state index in [9.17, 15) is 14.4 Å². The van der Waals surface area contributed by atoms with E-state index in [1.807, 2.05) is 0 Å². The fraction of sp³-hybridized carbons (Fsp3) is 0.444. The molecule has 0 aromatic heterocycles.